The van der Waals surface area contributed by atoms with Crippen molar-refractivity contribution in [2.75, 3.05) is 20.6 Å². The van der Waals surface area contributed by atoms with Gasteiger partial charge in [0, 0.05) is 12.6 Å². The van der Waals surface area contributed by atoms with Crippen LogP contribution in [0, 0.1) is 5.41 Å². The van der Waals surface area contributed by atoms with Crippen LogP contribution in [-0.4, -0.2) is 48.4 Å². The van der Waals surface area contributed by atoms with E-state index >= 15 is 0 Å². The van der Waals surface area contributed by atoms with Gasteiger partial charge in [-0.15, -0.1) is 0 Å². The Morgan fingerprint density at radius 1 is 1.50 bits per heavy atom. The van der Waals surface area contributed by atoms with Gasteiger partial charge in [0.05, 0.1) is 6.04 Å². The van der Waals surface area contributed by atoms with Gasteiger partial charge < -0.3 is 4.90 Å². The average molecular weight is 169 g/mol. The van der Waals surface area contributed by atoms with E-state index in [9.17, 15) is 0 Å². The Bertz CT molecular complexity index is 157. The fraction of sp³-hybridized carbons (Fsp3) is 0.889. The highest BCUT2D eigenvalue weighted by atomic mass is 15.3. The zero-order valence-corrected chi connectivity index (χ0v) is 8.46. The summed E-state index contributed by atoms with van der Waals surface area (Å²) in [6.45, 7) is 5.33. The van der Waals surface area contributed by atoms with Crippen LogP contribution in [0.4, 0.5) is 0 Å². The highest BCUT2D eigenvalue weighted by Crippen LogP contribution is 2.17. The molecule has 1 heterocycles. The third-order valence-corrected chi connectivity index (χ3v) is 2.52. The van der Waals surface area contributed by atoms with E-state index in [0.29, 0.717) is 12.1 Å². The van der Waals surface area contributed by atoms with Gasteiger partial charge in [0.1, 0.15) is 5.84 Å². The van der Waals surface area contributed by atoms with Crippen LogP contribution in [-0.2, 0) is 0 Å². The van der Waals surface area contributed by atoms with Crippen molar-refractivity contribution in [1.29, 1.82) is 5.41 Å². The first kappa shape index (κ1) is 9.52. The molecule has 1 atom stereocenters. The Hall–Kier alpha value is -0.570. The number of rotatable bonds is 2. The monoisotopic (exact) mass is 169 g/mol. The number of nitrogens with zero attached hydrogens (tertiary/aromatic N) is 2. The first-order valence-corrected chi connectivity index (χ1v) is 4.55. The van der Waals surface area contributed by atoms with E-state index in [2.05, 4.69) is 23.6 Å². The molecule has 1 rings (SSSR count). The third-order valence-electron chi connectivity index (χ3n) is 2.52. The van der Waals surface area contributed by atoms with Crippen LogP contribution >= 0.6 is 0 Å². The maximum Gasteiger partial charge on any atom is 0.114 e. The number of likely N-dealkylation sites (tertiary alicyclic amines) is 1. The van der Waals surface area contributed by atoms with Crippen molar-refractivity contribution in [2.45, 2.75) is 32.4 Å². The van der Waals surface area contributed by atoms with Crippen molar-refractivity contribution < 1.29 is 0 Å². The van der Waals surface area contributed by atoms with E-state index in [1.165, 1.54) is 0 Å². The molecule has 12 heavy (non-hydrogen) atoms. The molecule has 3 nitrogen and oxygen atoms in total. The van der Waals surface area contributed by atoms with Gasteiger partial charge in [-0.25, -0.2) is 0 Å². The van der Waals surface area contributed by atoms with Gasteiger partial charge >= 0.3 is 0 Å². The molecule has 1 aliphatic rings. The molecule has 0 aliphatic carbocycles. The average Bonchev–Trinajstić information content (AvgIpc) is 2.30. The molecule has 3 heteroatoms. The van der Waals surface area contributed by atoms with E-state index in [4.69, 9.17) is 5.41 Å². The predicted octanol–water partition coefficient (Wildman–Crippen LogP) is 1.01. The minimum atomic E-state index is 0.340. The highest BCUT2D eigenvalue weighted by molar-refractivity contribution is 5.86. The highest BCUT2D eigenvalue weighted by Gasteiger charge is 2.30. The van der Waals surface area contributed by atoms with Gasteiger partial charge in [-0.1, -0.05) is 0 Å². The molecule has 0 aromatic carbocycles. The maximum absolute atomic E-state index is 7.91. The quantitative estimate of drug-likeness (QED) is 0.668. The molecule has 0 spiro atoms. The van der Waals surface area contributed by atoms with Crippen molar-refractivity contribution in [3.05, 3.63) is 0 Å². The zero-order valence-electron chi connectivity index (χ0n) is 8.46. The van der Waals surface area contributed by atoms with Gasteiger partial charge in [-0.05, 0) is 34.4 Å². The van der Waals surface area contributed by atoms with Crippen molar-refractivity contribution in [2.24, 2.45) is 0 Å². The molecule has 1 fully saturated rings. The summed E-state index contributed by atoms with van der Waals surface area (Å²) in [6.07, 6.45) is 1.10. The lowest BCUT2D eigenvalue weighted by molar-refractivity contribution is 0.361. The van der Waals surface area contributed by atoms with Crippen LogP contribution in [0.25, 0.3) is 0 Å². The second kappa shape index (κ2) is 3.44. The van der Waals surface area contributed by atoms with Crippen LogP contribution < -0.4 is 0 Å². The second-order valence-corrected chi connectivity index (χ2v) is 3.94. The zero-order chi connectivity index (χ0) is 9.30. The van der Waals surface area contributed by atoms with Crippen LogP contribution in [0.2, 0.25) is 0 Å². The van der Waals surface area contributed by atoms with Gasteiger partial charge in [-0.2, -0.15) is 0 Å². The lowest BCUT2D eigenvalue weighted by atomic mass is 10.2. The second-order valence-electron chi connectivity index (χ2n) is 3.94. The summed E-state index contributed by atoms with van der Waals surface area (Å²) in [7, 11) is 4.09. The number of hydrogen-bond acceptors (Lipinski definition) is 2. The molecule has 0 radical (unpaired) electrons. The number of hydrogen-bond donors (Lipinski definition) is 1. The summed E-state index contributed by atoms with van der Waals surface area (Å²) in [4.78, 5) is 4.30. The molecule has 1 saturated heterocycles. The van der Waals surface area contributed by atoms with E-state index in [-0.39, 0.29) is 0 Å². The summed E-state index contributed by atoms with van der Waals surface area (Å²) in [5.74, 6) is 0.787. The van der Waals surface area contributed by atoms with Crippen LogP contribution in [0.1, 0.15) is 20.3 Å². The summed E-state index contributed by atoms with van der Waals surface area (Å²) < 4.78 is 0. The number of nitrogens with one attached hydrogen (secondary N) is 1. The topological polar surface area (TPSA) is 30.3 Å². The normalized spacial score (nSPS) is 24.7. The minimum absolute atomic E-state index is 0.340. The van der Waals surface area contributed by atoms with Gasteiger partial charge in [0.15, 0.2) is 0 Å². The van der Waals surface area contributed by atoms with Crippen LogP contribution in [0.3, 0.4) is 0 Å². The molecule has 0 aromatic rings. The van der Waals surface area contributed by atoms with E-state index in [1.54, 1.807) is 0 Å². The predicted molar refractivity (Wildman–Crippen MR) is 51.7 cm³/mol. The van der Waals surface area contributed by atoms with Crippen molar-refractivity contribution >= 4 is 5.84 Å². The molecule has 0 bridgehead atoms. The number of amidine groups is 1. The first-order chi connectivity index (χ1) is 5.54. The largest absolute Gasteiger partial charge is 0.357 e. The molecule has 1 aliphatic heterocycles. The SMILES string of the molecule is CC(C)N1CCC(N(C)C)C1=N. The molecule has 70 valence electrons. The molecule has 0 saturated carbocycles. The Morgan fingerprint density at radius 3 is 2.33 bits per heavy atom. The Labute approximate surface area is 74.9 Å². The van der Waals surface area contributed by atoms with Crippen LogP contribution in [0.5, 0.6) is 0 Å². The summed E-state index contributed by atoms with van der Waals surface area (Å²) >= 11 is 0. The lowest BCUT2D eigenvalue weighted by Crippen LogP contribution is -2.39. The van der Waals surface area contributed by atoms with Crippen LogP contribution in [0.15, 0.2) is 0 Å². The number of likely N-dealkylation sites (N-methyl/N-ethyl adjacent to an activating group) is 1. The standard InChI is InChI=1S/C9H19N3/c1-7(2)12-6-5-8(9(12)10)11(3)4/h7-8,10H,5-6H2,1-4H3. The first-order valence-electron chi connectivity index (χ1n) is 4.55. The minimum Gasteiger partial charge on any atom is -0.357 e. The van der Waals surface area contributed by atoms with Crippen molar-refractivity contribution in [3.8, 4) is 0 Å². The Morgan fingerprint density at radius 2 is 2.08 bits per heavy atom. The van der Waals surface area contributed by atoms with E-state index in [0.717, 1.165) is 18.8 Å². The summed E-state index contributed by atoms with van der Waals surface area (Å²) in [6, 6.07) is 0.815. The molecular weight excluding hydrogens is 150 g/mol. The third kappa shape index (κ3) is 1.61. The summed E-state index contributed by atoms with van der Waals surface area (Å²) in [5.41, 5.74) is 0. The molecule has 1 N–H and O–H groups in total. The Balaban J connectivity index is 2.61. The van der Waals surface area contributed by atoms with Crippen molar-refractivity contribution in [1.82, 2.24) is 9.80 Å². The van der Waals surface area contributed by atoms with Gasteiger partial charge in [0.25, 0.3) is 0 Å². The fourth-order valence-corrected chi connectivity index (χ4v) is 1.75. The maximum atomic E-state index is 7.91. The van der Waals surface area contributed by atoms with Gasteiger partial charge in [-0.3, -0.25) is 10.3 Å². The van der Waals surface area contributed by atoms with E-state index in [1.807, 2.05) is 14.1 Å². The summed E-state index contributed by atoms with van der Waals surface area (Å²) in [5, 5.41) is 7.91. The molecule has 0 amide bonds. The van der Waals surface area contributed by atoms with E-state index < -0.39 is 0 Å². The molecule has 1 unspecified atom stereocenters. The smallest absolute Gasteiger partial charge is 0.114 e. The molecular formula is C9H19N3. The fourth-order valence-electron chi connectivity index (χ4n) is 1.75. The Kier molecular flexibility index (Phi) is 2.73. The van der Waals surface area contributed by atoms with Crippen molar-refractivity contribution in [3.63, 3.8) is 0 Å². The van der Waals surface area contributed by atoms with Gasteiger partial charge in [0.2, 0.25) is 0 Å². The molecule has 0 aromatic heterocycles. The lowest BCUT2D eigenvalue weighted by Gasteiger charge is -2.25.